The van der Waals surface area contributed by atoms with Gasteiger partial charge in [-0.15, -0.1) is 0 Å². The number of nitrogens with two attached hydrogens (primary N) is 1. The minimum absolute atomic E-state index is 0.176. The molecule has 0 atom stereocenters. The molecule has 8 heavy (non-hydrogen) atoms. The van der Waals surface area contributed by atoms with Crippen LogP contribution in [-0.2, 0) is 0 Å². The summed E-state index contributed by atoms with van der Waals surface area (Å²) in [6, 6.07) is 0. The second-order valence-corrected chi connectivity index (χ2v) is 1.89. The summed E-state index contributed by atoms with van der Waals surface area (Å²) in [6.45, 7) is 0.566. The van der Waals surface area contributed by atoms with E-state index in [9.17, 15) is 4.39 Å². The first-order chi connectivity index (χ1) is 3.91. The molecule has 0 radical (unpaired) electrons. The Balaban J connectivity index is 2.53. The predicted octanol–water partition coefficient (Wildman–Crippen LogP) is 1.48. The molecule has 0 unspecified atom stereocenters. The molecule has 0 bridgehead atoms. The monoisotopic (exact) mass is 119 g/mol. The highest BCUT2D eigenvalue weighted by Crippen LogP contribution is 1.97. The van der Waals surface area contributed by atoms with Crippen molar-refractivity contribution in [2.75, 3.05) is 13.2 Å². The summed E-state index contributed by atoms with van der Waals surface area (Å²) in [5.74, 6) is 0. The lowest BCUT2D eigenvalue weighted by molar-refractivity contribution is 0.454. The molecule has 0 aliphatic rings. The van der Waals surface area contributed by atoms with Crippen LogP contribution in [0.2, 0.25) is 0 Å². The van der Waals surface area contributed by atoms with E-state index < -0.39 is 0 Å². The summed E-state index contributed by atoms with van der Waals surface area (Å²) >= 11 is 0. The number of unbranched alkanes of at least 4 members (excludes halogenated alkanes) is 3. The minimum atomic E-state index is -0.176. The van der Waals surface area contributed by atoms with Gasteiger partial charge >= 0.3 is 0 Å². The lowest BCUT2D eigenvalue weighted by Crippen LogP contribution is -1.97. The van der Waals surface area contributed by atoms with Crippen molar-refractivity contribution >= 4 is 0 Å². The van der Waals surface area contributed by atoms with Gasteiger partial charge in [0.15, 0.2) is 0 Å². The summed E-state index contributed by atoms with van der Waals surface area (Å²) in [6.07, 6.45) is 3.83. The highest BCUT2D eigenvalue weighted by Gasteiger charge is 1.85. The third-order valence-electron chi connectivity index (χ3n) is 1.09. The van der Waals surface area contributed by atoms with Gasteiger partial charge in [-0.25, -0.2) is 0 Å². The van der Waals surface area contributed by atoms with E-state index in [-0.39, 0.29) is 6.67 Å². The van der Waals surface area contributed by atoms with Gasteiger partial charge in [0.1, 0.15) is 0 Å². The lowest BCUT2D eigenvalue weighted by atomic mass is 10.2. The van der Waals surface area contributed by atoms with Gasteiger partial charge in [-0.05, 0) is 19.4 Å². The predicted molar refractivity (Wildman–Crippen MR) is 33.5 cm³/mol. The highest BCUT2D eigenvalue weighted by molar-refractivity contribution is 4.41. The zero-order chi connectivity index (χ0) is 6.24. The second-order valence-electron chi connectivity index (χ2n) is 1.89. The van der Waals surface area contributed by atoms with Gasteiger partial charge in [0.2, 0.25) is 0 Å². The quantitative estimate of drug-likeness (QED) is 0.545. The van der Waals surface area contributed by atoms with Gasteiger partial charge < -0.3 is 5.73 Å². The van der Waals surface area contributed by atoms with E-state index in [1.54, 1.807) is 0 Å². The molecule has 1 nitrogen and oxygen atoms in total. The van der Waals surface area contributed by atoms with Crippen LogP contribution in [0, 0.1) is 0 Å². The first-order valence-corrected chi connectivity index (χ1v) is 3.18. The number of hydrogen-bond donors (Lipinski definition) is 1. The molecule has 0 spiro atoms. The van der Waals surface area contributed by atoms with E-state index in [1.165, 1.54) is 0 Å². The third kappa shape index (κ3) is 5.89. The van der Waals surface area contributed by atoms with Crippen molar-refractivity contribution in [2.45, 2.75) is 25.7 Å². The van der Waals surface area contributed by atoms with Crippen LogP contribution >= 0.6 is 0 Å². The van der Waals surface area contributed by atoms with Gasteiger partial charge in [0.05, 0.1) is 6.67 Å². The van der Waals surface area contributed by atoms with Gasteiger partial charge in [-0.3, -0.25) is 4.39 Å². The number of halogens is 1. The minimum Gasteiger partial charge on any atom is -0.330 e. The maximum atomic E-state index is 11.4. The van der Waals surface area contributed by atoms with Crippen molar-refractivity contribution in [1.82, 2.24) is 0 Å². The van der Waals surface area contributed by atoms with Gasteiger partial charge in [-0.2, -0.15) is 0 Å². The molecule has 0 amide bonds. The van der Waals surface area contributed by atoms with Crippen molar-refractivity contribution in [3.05, 3.63) is 0 Å². The van der Waals surface area contributed by atoms with Crippen molar-refractivity contribution < 1.29 is 4.39 Å². The molecular formula is C6H14FN. The molecule has 2 N–H and O–H groups in total. The average molecular weight is 119 g/mol. The smallest absolute Gasteiger partial charge is 0.0894 e. The molecule has 0 saturated carbocycles. The summed E-state index contributed by atoms with van der Waals surface area (Å²) in [5, 5.41) is 0. The van der Waals surface area contributed by atoms with Crippen molar-refractivity contribution in [2.24, 2.45) is 5.73 Å². The van der Waals surface area contributed by atoms with E-state index in [4.69, 9.17) is 5.73 Å². The van der Waals surface area contributed by atoms with Crippen LogP contribution in [0.15, 0.2) is 0 Å². The fourth-order valence-electron chi connectivity index (χ4n) is 0.592. The molecular weight excluding hydrogens is 105 g/mol. The van der Waals surface area contributed by atoms with Crippen LogP contribution < -0.4 is 5.73 Å². The van der Waals surface area contributed by atoms with Crippen LogP contribution in [0.1, 0.15) is 25.7 Å². The molecule has 0 rings (SSSR count). The Kier molecular flexibility index (Phi) is 6.80. The number of hydrogen-bond acceptors (Lipinski definition) is 1. The van der Waals surface area contributed by atoms with Crippen molar-refractivity contribution in [3.8, 4) is 0 Å². The second kappa shape index (κ2) is 6.89. The van der Waals surface area contributed by atoms with E-state index in [1.807, 2.05) is 0 Å². The van der Waals surface area contributed by atoms with E-state index >= 15 is 0 Å². The third-order valence-corrected chi connectivity index (χ3v) is 1.09. The molecule has 0 aromatic heterocycles. The van der Waals surface area contributed by atoms with Crippen LogP contribution in [0.5, 0.6) is 0 Å². The Morgan fingerprint density at radius 3 is 2.12 bits per heavy atom. The topological polar surface area (TPSA) is 26.0 Å². The fourth-order valence-corrected chi connectivity index (χ4v) is 0.592. The molecule has 0 aliphatic carbocycles. The average Bonchev–Trinajstić information content (AvgIpc) is 1.81. The van der Waals surface area contributed by atoms with E-state index in [0.29, 0.717) is 6.42 Å². The van der Waals surface area contributed by atoms with Crippen LogP contribution in [0.4, 0.5) is 4.39 Å². The van der Waals surface area contributed by atoms with Gasteiger partial charge in [-0.1, -0.05) is 12.8 Å². The Morgan fingerprint density at radius 2 is 1.62 bits per heavy atom. The largest absolute Gasteiger partial charge is 0.330 e. The molecule has 0 aromatic rings. The zero-order valence-corrected chi connectivity index (χ0v) is 5.20. The standard InChI is InChI=1S/C6H14FN/c7-5-3-1-2-4-6-8/h1-6,8H2. The molecule has 0 heterocycles. The number of alkyl halides is 1. The Bertz CT molecular complexity index is 33.5. The first kappa shape index (κ1) is 7.89. The Labute approximate surface area is 50.1 Å². The summed E-state index contributed by atoms with van der Waals surface area (Å²) in [5.41, 5.74) is 5.22. The maximum absolute atomic E-state index is 11.4. The van der Waals surface area contributed by atoms with Crippen molar-refractivity contribution in [1.29, 1.82) is 0 Å². The molecule has 2 heteroatoms. The number of rotatable bonds is 5. The molecule has 50 valence electrons. The maximum Gasteiger partial charge on any atom is 0.0894 e. The summed E-state index contributed by atoms with van der Waals surface area (Å²) in [7, 11) is 0. The SMILES string of the molecule is NCCCCCCF. The highest BCUT2D eigenvalue weighted by atomic mass is 19.1. The first-order valence-electron chi connectivity index (χ1n) is 3.18. The summed E-state index contributed by atoms with van der Waals surface area (Å²) < 4.78 is 11.4. The van der Waals surface area contributed by atoms with E-state index in [0.717, 1.165) is 25.8 Å². The van der Waals surface area contributed by atoms with Crippen LogP contribution in [0.3, 0.4) is 0 Å². The molecule has 0 fully saturated rings. The lowest BCUT2D eigenvalue weighted by Gasteiger charge is -1.92. The summed E-state index contributed by atoms with van der Waals surface area (Å²) in [4.78, 5) is 0. The Morgan fingerprint density at radius 1 is 1.00 bits per heavy atom. The van der Waals surface area contributed by atoms with Crippen molar-refractivity contribution in [3.63, 3.8) is 0 Å². The Hall–Kier alpha value is -0.110. The fraction of sp³-hybridized carbons (Fsp3) is 1.00. The normalized spacial score (nSPS) is 9.75. The van der Waals surface area contributed by atoms with E-state index in [2.05, 4.69) is 0 Å². The van der Waals surface area contributed by atoms with Crippen LogP contribution in [0.25, 0.3) is 0 Å². The van der Waals surface area contributed by atoms with Crippen LogP contribution in [-0.4, -0.2) is 13.2 Å². The van der Waals surface area contributed by atoms with Gasteiger partial charge in [0.25, 0.3) is 0 Å². The molecule has 0 aliphatic heterocycles. The zero-order valence-electron chi connectivity index (χ0n) is 5.20. The molecule has 0 saturated heterocycles. The molecule has 0 aromatic carbocycles. The van der Waals surface area contributed by atoms with Gasteiger partial charge in [0, 0.05) is 0 Å².